The van der Waals surface area contributed by atoms with Crippen LogP contribution in [0.3, 0.4) is 0 Å². The SMILES string of the molecule is O=C(c1ccc(-n2ccnc2)cc1)N1CCCC[C@H]1Cn1cccn1. The molecule has 2 aromatic heterocycles. The third-order valence-electron chi connectivity index (χ3n) is 4.76. The monoisotopic (exact) mass is 335 g/mol. The summed E-state index contributed by atoms with van der Waals surface area (Å²) in [6.45, 7) is 1.57. The van der Waals surface area contributed by atoms with Gasteiger partial charge in [0.1, 0.15) is 0 Å². The average Bonchev–Trinajstić information content (AvgIpc) is 3.36. The van der Waals surface area contributed by atoms with Crippen LogP contribution >= 0.6 is 0 Å². The number of imidazole rings is 1. The average molecular weight is 335 g/mol. The highest BCUT2D eigenvalue weighted by atomic mass is 16.2. The molecule has 6 nitrogen and oxygen atoms in total. The number of hydrogen-bond acceptors (Lipinski definition) is 3. The van der Waals surface area contributed by atoms with Crippen LogP contribution < -0.4 is 0 Å². The van der Waals surface area contributed by atoms with Crippen LogP contribution in [0.5, 0.6) is 0 Å². The molecule has 25 heavy (non-hydrogen) atoms. The molecule has 0 spiro atoms. The Morgan fingerprint density at radius 3 is 2.72 bits per heavy atom. The number of carbonyl (C=O) groups is 1. The van der Waals surface area contributed by atoms with Crippen molar-refractivity contribution in [2.45, 2.75) is 31.8 Å². The number of aromatic nitrogens is 4. The highest BCUT2D eigenvalue weighted by molar-refractivity contribution is 5.94. The van der Waals surface area contributed by atoms with Crippen LogP contribution in [0.1, 0.15) is 29.6 Å². The van der Waals surface area contributed by atoms with Crippen molar-refractivity contribution >= 4 is 5.91 Å². The predicted octanol–water partition coefficient (Wildman–Crippen LogP) is 2.76. The fourth-order valence-corrected chi connectivity index (χ4v) is 3.44. The number of likely N-dealkylation sites (tertiary alicyclic amines) is 1. The highest BCUT2D eigenvalue weighted by Gasteiger charge is 2.27. The third kappa shape index (κ3) is 3.33. The van der Waals surface area contributed by atoms with E-state index in [0.717, 1.165) is 43.6 Å². The number of hydrogen-bond donors (Lipinski definition) is 0. The first-order valence-corrected chi connectivity index (χ1v) is 8.68. The number of carbonyl (C=O) groups excluding carboxylic acids is 1. The van der Waals surface area contributed by atoms with Crippen LogP contribution in [0.25, 0.3) is 5.69 Å². The van der Waals surface area contributed by atoms with Gasteiger partial charge in [-0.25, -0.2) is 4.98 Å². The van der Waals surface area contributed by atoms with Gasteiger partial charge in [0.2, 0.25) is 0 Å². The van der Waals surface area contributed by atoms with Crippen molar-refractivity contribution in [1.29, 1.82) is 0 Å². The summed E-state index contributed by atoms with van der Waals surface area (Å²) < 4.78 is 3.84. The molecule has 0 bridgehead atoms. The summed E-state index contributed by atoms with van der Waals surface area (Å²) in [5.41, 5.74) is 1.73. The first kappa shape index (κ1) is 15.6. The molecule has 0 N–H and O–H groups in total. The minimum atomic E-state index is 0.106. The van der Waals surface area contributed by atoms with Crippen molar-refractivity contribution in [2.24, 2.45) is 0 Å². The zero-order valence-electron chi connectivity index (χ0n) is 14.0. The molecule has 1 aromatic carbocycles. The van der Waals surface area contributed by atoms with Gasteiger partial charge in [0.25, 0.3) is 5.91 Å². The topological polar surface area (TPSA) is 56.0 Å². The van der Waals surface area contributed by atoms with Crippen LogP contribution in [-0.2, 0) is 6.54 Å². The summed E-state index contributed by atoms with van der Waals surface area (Å²) >= 11 is 0. The van der Waals surface area contributed by atoms with E-state index in [9.17, 15) is 4.79 Å². The highest BCUT2D eigenvalue weighted by Crippen LogP contribution is 2.21. The summed E-state index contributed by atoms with van der Waals surface area (Å²) in [6.07, 6.45) is 12.4. The zero-order valence-corrected chi connectivity index (χ0v) is 14.0. The first-order chi connectivity index (χ1) is 12.3. The lowest BCUT2D eigenvalue weighted by Gasteiger charge is -2.35. The summed E-state index contributed by atoms with van der Waals surface area (Å²) in [5, 5.41) is 4.29. The molecule has 1 aliphatic rings. The van der Waals surface area contributed by atoms with Gasteiger partial charge in [-0.05, 0) is 49.6 Å². The van der Waals surface area contributed by atoms with Crippen LogP contribution in [0, 0.1) is 0 Å². The van der Waals surface area contributed by atoms with Gasteiger partial charge in [0.05, 0.1) is 18.9 Å². The number of rotatable bonds is 4. The molecule has 6 heteroatoms. The molecule has 3 aromatic rings. The smallest absolute Gasteiger partial charge is 0.254 e. The Hall–Kier alpha value is -2.89. The Morgan fingerprint density at radius 2 is 2.00 bits per heavy atom. The summed E-state index contributed by atoms with van der Waals surface area (Å²) in [7, 11) is 0. The summed E-state index contributed by atoms with van der Waals surface area (Å²) in [4.78, 5) is 19.1. The maximum absolute atomic E-state index is 13.0. The van der Waals surface area contributed by atoms with Gasteiger partial charge in [-0.2, -0.15) is 5.10 Å². The summed E-state index contributed by atoms with van der Waals surface area (Å²) in [6, 6.07) is 9.84. The largest absolute Gasteiger partial charge is 0.334 e. The van der Waals surface area contributed by atoms with Crippen molar-refractivity contribution in [2.75, 3.05) is 6.54 Å². The van der Waals surface area contributed by atoms with E-state index in [2.05, 4.69) is 10.1 Å². The fraction of sp³-hybridized carbons (Fsp3) is 0.316. The van der Waals surface area contributed by atoms with Crippen LogP contribution in [0.15, 0.2) is 61.4 Å². The van der Waals surface area contributed by atoms with E-state index < -0.39 is 0 Å². The fourth-order valence-electron chi connectivity index (χ4n) is 3.44. The van der Waals surface area contributed by atoms with Crippen molar-refractivity contribution < 1.29 is 4.79 Å². The minimum Gasteiger partial charge on any atom is -0.334 e. The number of amides is 1. The standard InChI is InChI=1S/C19H21N5O/c25-19(16-5-7-17(8-6-16)22-13-10-20-15-22)24-12-2-1-4-18(24)14-23-11-3-9-21-23/h3,5-11,13,15,18H,1-2,4,12,14H2/t18-/m0/s1. The molecule has 4 rings (SSSR count). The van der Waals surface area contributed by atoms with Gasteiger partial charge in [-0.15, -0.1) is 0 Å². The minimum absolute atomic E-state index is 0.106. The quantitative estimate of drug-likeness (QED) is 0.737. The van der Waals surface area contributed by atoms with Crippen LogP contribution in [0.2, 0.25) is 0 Å². The molecule has 0 aliphatic carbocycles. The van der Waals surface area contributed by atoms with Gasteiger partial charge in [-0.3, -0.25) is 9.48 Å². The van der Waals surface area contributed by atoms with Gasteiger partial charge in [-0.1, -0.05) is 0 Å². The molecular formula is C19H21N5O. The Kier molecular flexibility index (Phi) is 4.33. The molecule has 0 radical (unpaired) electrons. The van der Waals surface area contributed by atoms with Crippen molar-refractivity contribution in [3.05, 3.63) is 67.0 Å². The molecule has 1 aliphatic heterocycles. The lowest BCUT2D eigenvalue weighted by atomic mass is 10.0. The normalized spacial score (nSPS) is 17.6. The molecular weight excluding hydrogens is 314 g/mol. The first-order valence-electron chi connectivity index (χ1n) is 8.68. The lowest BCUT2D eigenvalue weighted by molar-refractivity contribution is 0.0584. The van der Waals surface area contributed by atoms with E-state index >= 15 is 0 Å². The van der Waals surface area contributed by atoms with E-state index in [-0.39, 0.29) is 11.9 Å². The van der Waals surface area contributed by atoms with Crippen LogP contribution in [0.4, 0.5) is 0 Å². The van der Waals surface area contributed by atoms with E-state index in [0.29, 0.717) is 0 Å². The van der Waals surface area contributed by atoms with Gasteiger partial charge < -0.3 is 9.47 Å². The Morgan fingerprint density at radius 1 is 1.12 bits per heavy atom. The molecule has 128 valence electrons. The van der Waals surface area contributed by atoms with Gasteiger partial charge in [0, 0.05) is 42.6 Å². The molecule has 1 amide bonds. The Balaban J connectivity index is 1.51. The number of piperidine rings is 1. The molecule has 0 saturated carbocycles. The maximum Gasteiger partial charge on any atom is 0.254 e. The molecule has 0 unspecified atom stereocenters. The second kappa shape index (κ2) is 6.93. The molecule has 3 heterocycles. The zero-order chi connectivity index (χ0) is 17.1. The van der Waals surface area contributed by atoms with E-state index in [1.165, 1.54) is 0 Å². The molecule has 1 atom stereocenters. The van der Waals surface area contributed by atoms with E-state index in [1.54, 1.807) is 18.7 Å². The van der Waals surface area contributed by atoms with Crippen LogP contribution in [-0.4, -0.2) is 42.7 Å². The molecule has 1 fully saturated rings. The second-order valence-electron chi connectivity index (χ2n) is 6.39. The second-order valence-corrected chi connectivity index (χ2v) is 6.39. The van der Waals surface area contributed by atoms with E-state index in [4.69, 9.17) is 0 Å². The summed E-state index contributed by atoms with van der Waals surface area (Å²) in [5.74, 6) is 0.106. The number of benzene rings is 1. The van der Waals surface area contributed by atoms with Crippen molar-refractivity contribution in [3.63, 3.8) is 0 Å². The van der Waals surface area contributed by atoms with Crippen molar-refractivity contribution in [1.82, 2.24) is 24.2 Å². The molecule has 1 saturated heterocycles. The van der Waals surface area contributed by atoms with E-state index in [1.807, 2.05) is 56.9 Å². The van der Waals surface area contributed by atoms with Gasteiger partial charge in [0.15, 0.2) is 0 Å². The lowest BCUT2D eigenvalue weighted by Crippen LogP contribution is -2.45. The Bertz CT molecular complexity index is 808. The maximum atomic E-state index is 13.0. The van der Waals surface area contributed by atoms with Crippen molar-refractivity contribution in [3.8, 4) is 5.69 Å². The van der Waals surface area contributed by atoms with Gasteiger partial charge >= 0.3 is 0 Å². The Labute approximate surface area is 146 Å². The third-order valence-corrected chi connectivity index (χ3v) is 4.76. The number of nitrogens with zero attached hydrogens (tertiary/aromatic N) is 5. The predicted molar refractivity (Wildman–Crippen MR) is 94.5 cm³/mol.